The van der Waals surface area contributed by atoms with Gasteiger partial charge in [-0.15, -0.1) is 0 Å². The minimum atomic E-state index is -0.885. The van der Waals surface area contributed by atoms with E-state index in [-0.39, 0.29) is 35.3 Å². The maximum absolute atomic E-state index is 14.1. The van der Waals surface area contributed by atoms with E-state index in [2.05, 4.69) is 4.90 Å². The van der Waals surface area contributed by atoms with Gasteiger partial charge in [0.05, 0.1) is 32.7 Å². The molecule has 3 heterocycles. The van der Waals surface area contributed by atoms with E-state index in [1.807, 2.05) is 0 Å². The summed E-state index contributed by atoms with van der Waals surface area (Å²) in [7, 11) is 1.40. The Balaban J connectivity index is 1.16. The summed E-state index contributed by atoms with van der Waals surface area (Å²) in [6.45, 7) is 3.33. The summed E-state index contributed by atoms with van der Waals surface area (Å²) in [5, 5.41) is 9.10. The van der Waals surface area contributed by atoms with Crippen molar-refractivity contribution in [3.05, 3.63) is 29.6 Å². The first-order chi connectivity index (χ1) is 15.9. The van der Waals surface area contributed by atoms with Crippen molar-refractivity contribution in [3.63, 3.8) is 0 Å². The number of carbonyl (C=O) groups excluding carboxylic acids is 1. The molecule has 0 bridgehead atoms. The molecule has 0 unspecified atom stereocenters. The van der Waals surface area contributed by atoms with Gasteiger partial charge in [0.2, 0.25) is 0 Å². The molecule has 4 fully saturated rings. The van der Waals surface area contributed by atoms with Gasteiger partial charge in [-0.1, -0.05) is 0 Å². The Morgan fingerprint density at radius 3 is 2.61 bits per heavy atom. The fraction of sp³-hybridized carbons (Fsp3) is 0.667. The van der Waals surface area contributed by atoms with Crippen molar-refractivity contribution in [2.75, 3.05) is 39.9 Å². The standard InChI is InChI=1S/C24H31FN2O6/c1-31-22(28)16-8-19(9-16)33-21-3-2-17(25)10-20(21)15-4-6-26(7-5-15)18-11-24(32-12-18)13-27(14-24)23(29)30/h2-3,10,15-16,18-19H,4-9,11-14H2,1H3,(H,29,30)/t16?,18-,19?/m0/s1. The lowest BCUT2D eigenvalue weighted by Crippen LogP contribution is -2.63. The van der Waals surface area contributed by atoms with Gasteiger partial charge in [0.15, 0.2) is 0 Å². The summed E-state index contributed by atoms with van der Waals surface area (Å²) < 4.78 is 31.1. The van der Waals surface area contributed by atoms with Crippen LogP contribution in [0.1, 0.15) is 43.6 Å². The first-order valence-electron chi connectivity index (χ1n) is 11.8. The van der Waals surface area contributed by atoms with Crippen molar-refractivity contribution in [2.45, 2.75) is 55.8 Å². The minimum absolute atomic E-state index is 0.0435. The molecule has 0 aromatic heterocycles. The zero-order valence-corrected chi connectivity index (χ0v) is 18.9. The van der Waals surface area contributed by atoms with Gasteiger partial charge in [-0.3, -0.25) is 9.69 Å². The number of amides is 1. The molecule has 9 heteroatoms. The van der Waals surface area contributed by atoms with Crippen molar-refractivity contribution in [1.82, 2.24) is 9.80 Å². The van der Waals surface area contributed by atoms with Gasteiger partial charge in [-0.2, -0.15) is 0 Å². The third-order valence-corrected chi connectivity index (χ3v) is 7.80. The minimum Gasteiger partial charge on any atom is -0.490 e. The Morgan fingerprint density at radius 1 is 1.21 bits per heavy atom. The molecule has 33 heavy (non-hydrogen) atoms. The molecule has 0 radical (unpaired) electrons. The maximum atomic E-state index is 14.1. The van der Waals surface area contributed by atoms with Crippen molar-refractivity contribution >= 4 is 12.1 Å². The summed E-state index contributed by atoms with van der Waals surface area (Å²) >= 11 is 0. The summed E-state index contributed by atoms with van der Waals surface area (Å²) in [5.41, 5.74) is 0.598. The number of esters is 1. The SMILES string of the molecule is COC(=O)C1CC(Oc2ccc(F)cc2C2CCN([C@@H]3COC4(C3)CN(C(=O)O)C4)CC2)C1. The van der Waals surface area contributed by atoms with Crippen LogP contribution in [-0.4, -0.2) is 84.6 Å². The predicted molar refractivity (Wildman–Crippen MR) is 116 cm³/mol. The first-order valence-corrected chi connectivity index (χ1v) is 11.8. The number of nitrogens with zero attached hydrogens (tertiary/aromatic N) is 2. The third kappa shape index (κ3) is 4.40. The van der Waals surface area contributed by atoms with E-state index in [9.17, 15) is 14.0 Å². The number of hydrogen-bond acceptors (Lipinski definition) is 6. The molecule has 1 amide bonds. The molecule has 5 rings (SSSR count). The van der Waals surface area contributed by atoms with Gasteiger partial charge in [0, 0.05) is 11.6 Å². The summed E-state index contributed by atoms with van der Waals surface area (Å²) in [4.78, 5) is 26.5. The average Bonchev–Trinajstić information content (AvgIpc) is 3.21. The van der Waals surface area contributed by atoms with Crippen LogP contribution in [-0.2, 0) is 14.3 Å². The summed E-state index contributed by atoms with van der Waals surface area (Å²) in [6, 6.07) is 5.03. The van der Waals surface area contributed by atoms with Crippen LogP contribution in [0.3, 0.4) is 0 Å². The molecule has 3 aliphatic heterocycles. The Hall–Kier alpha value is -2.39. The van der Waals surface area contributed by atoms with E-state index in [1.54, 1.807) is 12.1 Å². The van der Waals surface area contributed by atoms with E-state index in [0.29, 0.717) is 38.6 Å². The Bertz CT molecular complexity index is 906. The monoisotopic (exact) mass is 462 g/mol. The number of hydrogen-bond donors (Lipinski definition) is 1. The number of carbonyl (C=O) groups is 2. The third-order valence-electron chi connectivity index (χ3n) is 7.80. The highest BCUT2D eigenvalue weighted by molar-refractivity contribution is 5.73. The molecule has 1 aromatic carbocycles. The number of carboxylic acid groups (broad SMARTS) is 1. The second-order valence-electron chi connectivity index (χ2n) is 9.91. The van der Waals surface area contributed by atoms with Gasteiger partial charge in [-0.05, 0) is 69.3 Å². The number of likely N-dealkylation sites (tertiary alicyclic amines) is 2. The van der Waals surface area contributed by atoms with E-state index < -0.39 is 6.09 Å². The van der Waals surface area contributed by atoms with Gasteiger partial charge >= 0.3 is 12.1 Å². The number of halogens is 1. The van der Waals surface area contributed by atoms with Crippen LogP contribution in [0.4, 0.5) is 9.18 Å². The molecule has 1 atom stereocenters. The molecule has 180 valence electrons. The molecule has 1 aromatic rings. The first kappa shape index (κ1) is 22.4. The van der Waals surface area contributed by atoms with Crippen LogP contribution in [0.25, 0.3) is 0 Å². The summed E-state index contributed by atoms with van der Waals surface area (Å²) in [6.07, 6.45) is 3.00. The number of methoxy groups -OCH3 is 1. The van der Waals surface area contributed by atoms with Crippen LogP contribution in [0.5, 0.6) is 5.75 Å². The number of piperidine rings is 1. The van der Waals surface area contributed by atoms with Crippen LogP contribution in [0.2, 0.25) is 0 Å². The normalized spacial score (nSPS) is 29.4. The van der Waals surface area contributed by atoms with Gasteiger partial charge in [0.25, 0.3) is 0 Å². The second-order valence-corrected chi connectivity index (χ2v) is 9.91. The van der Waals surface area contributed by atoms with Gasteiger partial charge in [-0.25, -0.2) is 9.18 Å². The molecule has 1 aliphatic carbocycles. The zero-order valence-electron chi connectivity index (χ0n) is 18.9. The molecular weight excluding hydrogens is 431 g/mol. The van der Waals surface area contributed by atoms with Gasteiger partial charge in [0.1, 0.15) is 23.3 Å². The predicted octanol–water partition coefficient (Wildman–Crippen LogP) is 2.86. The van der Waals surface area contributed by atoms with Crippen LogP contribution in [0.15, 0.2) is 18.2 Å². The van der Waals surface area contributed by atoms with Crippen molar-refractivity contribution in [2.24, 2.45) is 5.92 Å². The van der Waals surface area contributed by atoms with Crippen LogP contribution < -0.4 is 4.74 Å². The van der Waals surface area contributed by atoms with E-state index >= 15 is 0 Å². The molecule has 3 saturated heterocycles. The van der Waals surface area contributed by atoms with Crippen LogP contribution in [0, 0.1) is 11.7 Å². The zero-order chi connectivity index (χ0) is 23.2. The van der Waals surface area contributed by atoms with Crippen molar-refractivity contribution in [3.8, 4) is 5.75 Å². The highest BCUT2D eigenvalue weighted by Gasteiger charge is 2.52. The number of ether oxygens (including phenoxy) is 3. The quantitative estimate of drug-likeness (QED) is 0.673. The molecular formula is C24H31FN2O6. The highest BCUT2D eigenvalue weighted by Crippen LogP contribution is 2.41. The molecule has 1 spiro atoms. The topological polar surface area (TPSA) is 88.5 Å². The van der Waals surface area contributed by atoms with E-state index in [0.717, 1.165) is 43.7 Å². The van der Waals surface area contributed by atoms with E-state index in [4.69, 9.17) is 19.3 Å². The largest absolute Gasteiger partial charge is 0.490 e. The Kier molecular flexibility index (Phi) is 5.95. The fourth-order valence-electron chi connectivity index (χ4n) is 5.78. The number of benzene rings is 1. The Labute approximate surface area is 192 Å². The van der Waals surface area contributed by atoms with Crippen molar-refractivity contribution < 1.29 is 33.3 Å². The van der Waals surface area contributed by atoms with Crippen molar-refractivity contribution in [1.29, 1.82) is 0 Å². The number of rotatable bonds is 5. The second kappa shape index (κ2) is 8.76. The Morgan fingerprint density at radius 2 is 1.94 bits per heavy atom. The molecule has 8 nitrogen and oxygen atoms in total. The lowest BCUT2D eigenvalue weighted by molar-refractivity contribution is -0.151. The lowest BCUT2D eigenvalue weighted by atomic mass is 9.82. The summed E-state index contributed by atoms with van der Waals surface area (Å²) in [5.74, 6) is 0.361. The fourth-order valence-corrected chi connectivity index (χ4v) is 5.78. The molecule has 4 aliphatic rings. The maximum Gasteiger partial charge on any atom is 0.407 e. The lowest BCUT2D eigenvalue weighted by Gasteiger charge is -2.45. The molecule has 1 saturated carbocycles. The average molecular weight is 463 g/mol. The highest BCUT2D eigenvalue weighted by atomic mass is 19.1. The smallest absolute Gasteiger partial charge is 0.407 e. The van der Waals surface area contributed by atoms with Crippen LogP contribution >= 0.6 is 0 Å². The molecule has 1 N–H and O–H groups in total. The van der Waals surface area contributed by atoms with Gasteiger partial charge < -0.3 is 24.2 Å². The van der Waals surface area contributed by atoms with E-state index in [1.165, 1.54) is 18.1 Å².